The molecule has 0 aliphatic rings. The number of nitrogens with two attached hydrogens (primary N) is 1. The molecule has 1 unspecified atom stereocenters. The fourth-order valence-corrected chi connectivity index (χ4v) is 3.03. The third kappa shape index (κ3) is 4.18. The van der Waals surface area contributed by atoms with Gasteiger partial charge >= 0.3 is 6.18 Å². The standard InChI is InChI=1S/C12H16F3N3O2S/c1-7(11(16)17)6-18-21(19,20)10-5-3-4-9(8(10)2)12(13,14)15/h3-5,7,18H,6H2,1-2H3,(H3,16,17). The van der Waals surface area contributed by atoms with Gasteiger partial charge < -0.3 is 5.73 Å². The van der Waals surface area contributed by atoms with Gasteiger partial charge in [0.25, 0.3) is 0 Å². The molecule has 1 atom stereocenters. The Kier molecular flexibility index (Phi) is 5.00. The Labute approximate surface area is 120 Å². The summed E-state index contributed by atoms with van der Waals surface area (Å²) in [4.78, 5) is -0.437. The first-order chi connectivity index (χ1) is 9.47. The van der Waals surface area contributed by atoms with Gasteiger partial charge in [0.05, 0.1) is 16.3 Å². The lowest BCUT2D eigenvalue weighted by Gasteiger charge is -2.16. The van der Waals surface area contributed by atoms with Crippen LogP contribution in [0.4, 0.5) is 13.2 Å². The van der Waals surface area contributed by atoms with Gasteiger partial charge in [-0.1, -0.05) is 13.0 Å². The monoisotopic (exact) mass is 323 g/mol. The number of sulfonamides is 1. The van der Waals surface area contributed by atoms with E-state index in [0.717, 1.165) is 25.1 Å². The van der Waals surface area contributed by atoms with Gasteiger partial charge in [0.2, 0.25) is 10.0 Å². The van der Waals surface area contributed by atoms with Gasteiger partial charge in [-0.05, 0) is 24.6 Å². The Hall–Kier alpha value is -1.61. The maximum atomic E-state index is 12.8. The maximum absolute atomic E-state index is 12.8. The van der Waals surface area contributed by atoms with Crippen molar-refractivity contribution in [2.45, 2.75) is 24.9 Å². The molecule has 0 saturated heterocycles. The molecule has 1 aromatic carbocycles. The van der Waals surface area contributed by atoms with E-state index in [2.05, 4.69) is 4.72 Å². The van der Waals surface area contributed by atoms with Crippen molar-refractivity contribution in [3.63, 3.8) is 0 Å². The second kappa shape index (κ2) is 6.02. The van der Waals surface area contributed by atoms with Crippen molar-refractivity contribution in [3.05, 3.63) is 29.3 Å². The van der Waals surface area contributed by atoms with E-state index in [1.165, 1.54) is 6.92 Å². The first kappa shape index (κ1) is 17.4. The number of nitrogens with one attached hydrogen (secondary N) is 2. The molecule has 1 aromatic rings. The molecule has 4 N–H and O–H groups in total. The Balaban J connectivity index is 3.13. The van der Waals surface area contributed by atoms with Gasteiger partial charge in [0, 0.05) is 12.5 Å². The molecule has 0 aliphatic carbocycles. The topological polar surface area (TPSA) is 96.0 Å². The fourth-order valence-electron chi connectivity index (χ4n) is 1.64. The van der Waals surface area contributed by atoms with Gasteiger partial charge in [-0.15, -0.1) is 0 Å². The summed E-state index contributed by atoms with van der Waals surface area (Å²) < 4.78 is 64.6. The molecule has 0 spiro atoms. The second-order valence-corrected chi connectivity index (χ2v) is 6.37. The van der Waals surface area contributed by atoms with Crippen LogP contribution in [0, 0.1) is 18.3 Å². The van der Waals surface area contributed by atoms with Crippen molar-refractivity contribution >= 4 is 15.9 Å². The highest BCUT2D eigenvalue weighted by Gasteiger charge is 2.34. The normalized spacial score (nSPS) is 14.0. The minimum atomic E-state index is -4.62. The van der Waals surface area contributed by atoms with Crippen molar-refractivity contribution in [2.24, 2.45) is 11.7 Å². The zero-order valence-electron chi connectivity index (χ0n) is 11.5. The predicted molar refractivity (Wildman–Crippen MR) is 72.4 cm³/mol. The lowest BCUT2D eigenvalue weighted by atomic mass is 10.1. The zero-order chi connectivity index (χ0) is 16.4. The van der Waals surface area contributed by atoms with Gasteiger partial charge in [0.15, 0.2) is 0 Å². The van der Waals surface area contributed by atoms with Crippen LogP contribution in [0.3, 0.4) is 0 Å². The quantitative estimate of drug-likeness (QED) is 0.570. The third-order valence-electron chi connectivity index (χ3n) is 2.99. The van der Waals surface area contributed by atoms with Gasteiger partial charge in [0.1, 0.15) is 0 Å². The summed E-state index contributed by atoms with van der Waals surface area (Å²) in [5.74, 6) is -0.760. The van der Waals surface area contributed by atoms with Gasteiger partial charge in [-0.2, -0.15) is 13.2 Å². The van der Waals surface area contributed by atoms with Crippen LogP contribution in [0.2, 0.25) is 0 Å². The highest BCUT2D eigenvalue weighted by molar-refractivity contribution is 7.89. The lowest BCUT2D eigenvalue weighted by molar-refractivity contribution is -0.138. The number of benzene rings is 1. The number of hydrogen-bond donors (Lipinski definition) is 3. The number of amidine groups is 1. The van der Waals surface area contributed by atoms with E-state index in [9.17, 15) is 21.6 Å². The molecule has 0 radical (unpaired) electrons. The van der Waals surface area contributed by atoms with Crippen LogP contribution >= 0.6 is 0 Å². The van der Waals surface area contributed by atoms with Crippen LogP contribution in [0.15, 0.2) is 23.1 Å². The Morgan fingerprint density at radius 2 is 2.00 bits per heavy atom. The number of halogens is 3. The van der Waals surface area contributed by atoms with Crippen molar-refractivity contribution in [2.75, 3.05) is 6.54 Å². The summed E-state index contributed by atoms with van der Waals surface area (Å²) in [6, 6.07) is 2.97. The molecule has 21 heavy (non-hydrogen) atoms. The SMILES string of the molecule is Cc1c(C(F)(F)F)cccc1S(=O)(=O)NCC(C)C(=N)N. The molecular formula is C12H16F3N3O2S. The number of rotatable bonds is 5. The van der Waals surface area contributed by atoms with Crippen LogP contribution in [-0.2, 0) is 16.2 Å². The molecule has 0 aromatic heterocycles. The van der Waals surface area contributed by atoms with Crippen LogP contribution < -0.4 is 10.5 Å². The van der Waals surface area contributed by atoms with Crippen LogP contribution in [-0.4, -0.2) is 20.8 Å². The van der Waals surface area contributed by atoms with Crippen LogP contribution in [0.1, 0.15) is 18.1 Å². The molecule has 5 nitrogen and oxygen atoms in total. The molecular weight excluding hydrogens is 307 g/mol. The second-order valence-electron chi connectivity index (χ2n) is 4.63. The summed E-state index contributed by atoms with van der Waals surface area (Å²) in [7, 11) is -4.10. The van der Waals surface area contributed by atoms with Crippen LogP contribution in [0.5, 0.6) is 0 Å². The minimum absolute atomic E-state index is 0.159. The lowest BCUT2D eigenvalue weighted by Crippen LogP contribution is -2.34. The average Bonchev–Trinajstić information content (AvgIpc) is 2.34. The largest absolute Gasteiger partial charge is 0.416 e. The van der Waals surface area contributed by atoms with E-state index >= 15 is 0 Å². The molecule has 0 aliphatic heterocycles. The summed E-state index contributed by atoms with van der Waals surface area (Å²) in [6.07, 6.45) is -4.62. The molecule has 0 saturated carbocycles. The molecule has 9 heteroatoms. The highest BCUT2D eigenvalue weighted by atomic mass is 32.2. The van der Waals surface area contributed by atoms with Crippen molar-refractivity contribution < 1.29 is 21.6 Å². The molecule has 0 heterocycles. The average molecular weight is 323 g/mol. The summed E-state index contributed by atoms with van der Waals surface area (Å²) in [5, 5.41) is 7.17. The summed E-state index contributed by atoms with van der Waals surface area (Å²) >= 11 is 0. The first-order valence-electron chi connectivity index (χ1n) is 5.97. The Morgan fingerprint density at radius 3 is 2.48 bits per heavy atom. The molecule has 1 rings (SSSR count). The van der Waals surface area contributed by atoms with E-state index in [1.54, 1.807) is 0 Å². The van der Waals surface area contributed by atoms with E-state index in [-0.39, 0.29) is 17.9 Å². The van der Waals surface area contributed by atoms with E-state index in [0.29, 0.717) is 0 Å². The van der Waals surface area contributed by atoms with Crippen molar-refractivity contribution in [1.82, 2.24) is 4.72 Å². The van der Waals surface area contributed by atoms with Crippen LogP contribution in [0.25, 0.3) is 0 Å². The predicted octanol–water partition coefficient (Wildman–Crippen LogP) is 1.86. The third-order valence-corrected chi connectivity index (χ3v) is 4.56. The maximum Gasteiger partial charge on any atom is 0.416 e. The first-order valence-corrected chi connectivity index (χ1v) is 7.45. The van der Waals surface area contributed by atoms with E-state index in [1.807, 2.05) is 0 Å². The highest BCUT2D eigenvalue weighted by Crippen LogP contribution is 2.34. The number of alkyl halides is 3. The smallest absolute Gasteiger partial charge is 0.387 e. The number of hydrogen-bond acceptors (Lipinski definition) is 3. The Morgan fingerprint density at radius 1 is 1.43 bits per heavy atom. The van der Waals surface area contributed by atoms with E-state index < -0.39 is 32.6 Å². The molecule has 0 fully saturated rings. The zero-order valence-corrected chi connectivity index (χ0v) is 12.3. The molecule has 118 valence electrons. The van der Waals surface area contributed by atoms with Gasteiger partial charge in [-0.3, -0.25) is 5.41 Å². The van der Waals surface area contributed by atoms with E-state index in [4.69, 9.17) is 11.1 Å². The van der Waals surface area contributed by atoms with Crippen molar-refractivity contribution in [3.8, 4) is 0 Å². The minimum Gasteiger partial charge on any atom is -0.387 e. The summed E-state index contributed by atoms with van der Waals surface area (Å²) in [5.41, 5.74) is 3.85. The Bertz CT molecular complexity index is 642. The fraction of sp³-hybridized carbons (Fsp3) is 0.417. The summed E-state index contributed by atoms with van der Waals surface area (Å²) in [6.45, 7) is 2.48. The molecule has 0 bridgehead atoms. The molecule has 0 amide bonds. The van der Waals surface area contributed by atoms with Crippen molar-refractivity contribution in [1.29, 1.82) is 5.41 Å². The van der Waals surface area contributed by atoms with Gasteiger partial charge in [-0.25, -0.2) is 13.1 Å².